The fraction of sp³-hybridized carbons (Fsp3) is 0. The average molecular weight is 180 g/mol. The molecular weight excluding hydrogens is 172 g/mol. The van der Waals surface area contributed by atoms with Crippen LogP contribution in [-0.2, 0) is 0 Å². The van der Waals surface area contributed by atoms with Crippen molar-refractivity contribution in [3.05, 3.63) is 49.1 Å². The van der Waals surface area contributed by atoms with Gasteiger partial charge < -0.3 is 0 Å². The predicted octanol–water partition coefficient (Wildman–Crippen LogP) is 2.78. The summed E-state index contributed by atoms with van der Waals surface area (Å²) < 4.78 is 0. The van der Waals surface area contributed by atoms with Gasteiger partial charge in [-0.25, -0.2) is 0 Å². The van der Waals surface area contributed by atoms with Gasteiger partial charge in [-0.05, 0) is 22.9 Å². The zero-order valence-electron chi connectivity index (χ0n) is 7.51. The standard InChI is InChI=1S/C12H8N2/c1-2-10-7-13-6-4-11(10)12-8-14-5-3-9(1)12/h1-8H. The molecule has 0 N–H and O–H groups in total. The summed E-state index contributed by atoms with van der Waals surface area (Å²) in [5.41, 5.74) is 0. The molecule has 2 heterocycles. The molecule has 0 spiro atoms. The molecule has 1 aromatic carbocycles. The largest absolute Gasteiger partial charge is 0.264 e. The third-order valence-corrected chi connectivity index (χ3v) is 2.44. The first kappa shape index (κ1) is 7.44. The van der Waals surface area contributed by atoms with E-state index in [2.05, 4.69) is 22.1 Å². The van der Waals surface area contributed by atoms with Crippen LogP contribution in [0.1, 0.15) is 0 Å². The van der Waals surface area contributed by atoms with Crippen LogP contribution in [-0.4, -0.2) is 9.97 Å². The molecule has 0 radical (unpaired) electrons. The van der Waals surface area contributed by atoms with Crippen molar-refractivity contribution in [1.29, 1.82) is 0 Å². The Morgan fingerprint density at radius 2 is 1.43 bits per heavy atom. The van der Waals surface area contributed by atoms with E-state index in [4.69, 9.17) is 0 Å². The molecule has 0 bridgehead atoms. The number of hydrogen-bond donors (Lipinski definition) is 0. The van der Waals surface area contributed by atoms with Crippen LogP contribution in [0.15, 0.2) is 49.1 Å². The van der Waals surface area contributed by atoms with Gasteiger partial charge in [-0.15, -0.1) is 0 Å². The lowest BCUT2D eigenvalue weighted by atomic mass is 10.1. The molecule has 0 aliphatic rings. The van der Waals surface area contributed by atoms with E-state index in [0.29, 0.717) is 0 Å². The summed E-state index contributed by atoms with van der Waals surface area (Å²) in [5.74, 6) is 0. The molecule has 0 unspecified atom stereocenters. The number of aromatic nitrogens is 2. The van der Waals surface area contributed by atoms with Gasteiger partial charge in [-0.1, -0.05) is 12.1 Å². The van der Waals surface area contributed by atoms with E-state index in [1.54, 1.807) is 0 Å². The molecule has 0 aliphatic carbocycles. The summed E-state index contributed by atoms with van der Waals surface area (Å²) in [6.45, 7) is 0. The molecular formula is C12H8N2. The Labute approximate surface area is 81.2 Å². The van der Waals surface area contributed by atoms with Crippen LogP contribution in [0.2, 0.25) is 0 Å². The second kappa shape index (κ2) is 2.77. The second-order valence-electron chi connectivity index (χ2n) is 3.26. The second-order valence-corrected chi connectivity index (χ2v) is 3.26. The maximum absolute atomic E-state index is 4.14. The minimum absolute atomic E-state index is 1.16. The van der Waals surface area contributed by atoms with Gasteiger partial charge in [-0.2, -0.15) is 0 Å². The highest BCUT2D eigenvalue weighted by atomic mass is 14.6. The van der Waals surface area contributed by atoms with E-state index in [1.807, 2.05) is 36.9 Å². The Morgan fingerprint density at radius 1 is 0.643 bits per heavy atom. The van der Waals surface area contributed by atoms with Crippen LogP contribution in [0.25, 0.3) is 21.5 Å². The molecule has 66 valence electrons. The third kappa shape index (κ3) is 0.973. The molecule has 0 amide bonds. The monoisotopic (exact) mass is 180 g/mol. The lowest BCUT2D eigenvalue weighted by Crippen LogP contribution is -1.79. The first-order valence-corrected chi connectivity index (χ1v) is 4.51. The SMILES string of the molecule is c1cc2c(ccc3ccncc32)cn1. The minimum Gasteiger partial charge on any atom is -0.264 e. The van der Waals surface area contributed by atoms with Crippen LogP contribution in [0.3, 0.4) is 0 Å². The molecule has 3 rings (SSSR count). The third-order valence-electron chi connectivity index (χ3n) is 2.44. The smallest absolute Gasteiger partial charge is 0.0352 e. The highest BCUT2D eigenvalue weighted by Crippen LogP contribution is 2.22. The van der Waals surface area contributed by atoms with Crippen molar-refractivity contribution in [3.63, 3.8) is 0 Å². The molecule has 14 heavy (non-hydrogen) atoms. The Bertz CT molecular complexity index is 547. The van der Waals surface area contributed by atoms with Gasteiger partial charge in [0.05, 0.1) is 0 Å². The number of nitrogens with zero attached hydrogens (tertiary/aromatic N) is 2. The quantitative estimate of drug-likeness (QED) is 0.497. The molecule has 2 nitrogen and oxygen atoms in total. The normalized spacial score (nSPS) is 10.9. The van der Waals surface area contributed by atoms with Crippen LogP contribution in [0.5, 0.6) is 0 Å². The lowest BCUT2D eigenvalue weighted by molar-refractivity contribution is 1.35. The molecule has 0 atom stereocenters. The van der Waals surface area contributed by atoms with Gasteiger partial charge in [0, 0.05) is 35.6 Å². The Hall–Kier alpha value is -1.96. The van der Waals surface area contributed by atoms with Crippen molar-refractivity contribution in [3.8, 4) is 0 Å². The van der Waals surface area contributed by atoms with E-state index >= 15 is 0 Å². The zero-order chi connectivity index (χ0) is 9.38. The maximum atomic E-state index is 4.14. The first-order valence-electron chi connectivity index (χ1n) is 4.51. The predicted molar refractivity (Wildman–Crippen MR) is 57.0 cm³/mol. The summed E-state index contributed by atoms with van der Waals surface area (Å²) in [6.07, 6.45) is 7.41. The van der Waals surface area contributed by atoms with Gasteiger partial charge in [0.2, 0.25) is 0 Å². The summed E-state index contributed by atoms with van der Waals surface area (Å²) in [6, 6.07) is 8.24. The van der Waals surface area contributed by atoms with Crippen molar-refractivity contribution in [1.82, 2.24) is 9.97 Å². The Morgan fingerprint density at radius 3 is 2.43 bits per heavy atom. The van der Waals surface area contributed by atoms with Crippen molar-refractivity contribution in [2.24, 2.45) is 0 Å². The summed E-state index contributed by atoms with van der Waals surface area (Å²) in [7, 11) is 0. The number of fused-ring (bicyclic) bond motifs is 3. The molecule has 2 heteroatoms. The number of hydrogen-bond acceptors (Lipinski definition) is 2. The fourth-order valence-electron chi connectivity index (χ4n) is 1.74. The van der Waals surface area contributed by atoms with Crippen LogP contribution < -0.4 is 0 Å². The van der Waals surface area contributed by atoms with Gasteiger partial charge in [-0.3, -0.25) is 9.97 Å². The molecule has 0 aliphatic heterocycles. The van der Waals surface area contributed by atoms with Crippen LogP contribution in [0.4, 0.5) is 0 Å². The molecule has 2 aromatic heterocycles. The van der Waals surface area contributed by atoms with Crippen LogP contribution >= 0.6 is 0 Å². The van der Waals surface area contributed by atoms with Crippen molar-refractivity contribution in [2.45, 2.75) is 0 Å². The summed E-state index contributed by atoms with van der Waals surface area (Å²) >= 11 is 0. The van der Waals surface area contributed by atoms with Crippen molar-refractivity contribution >= 4 is 21.5 Å². The zero-order valence-corrected chi connectivity index (χ0v) is 7.51. The summed E-state index contributed by atoms with van der Waals surface area (Å²) in [5, 5.41) is 4.78. The lowest BCUT2D eigenvalue weighted by Gasteiger charge is -2.01. The highest BCUT2D eigenvalue weighted by Gasteiger charge is 1.98. The van der Waals surface area contributed by atoms with E-state index < -0.39 is 0 Å². The Kier molecular flexibility index (Phi) is 1.47. The maximum Gasteiger partial charge on any atom is 0.0352 e. The molecule has 0 saturated heterocycles. The van der Waals surface area contributed by atoms with Gasteiger partial charge in [0.15, 0.2) is 0 Å². The fourth-order valence-corrected chi connectivity index (χ4v) is 1.74. The van der Waals surface area contributed by atoms with Crippen LogP contribution in [0, 0.1) is 0 Å². The Balaban J connectivity index is 2.61. The first-order chi connectivity index (χ1) is 6.95. The van der Waals surface area contributed by atoms with Crippen molar-refractivity contribution in [2.75, 3.05) is 0 Å². The van der Waals surface area contributed by atoms with Gasteiger partial charge >= 0.3 is 0 Å². The molecule has 0 saturated carbocycles. The van der Waals surface area contributed by atoms with Crippen molar-refractivity contribution < 1.29 is 0 Å². The average Bonchev–Trinajstić information content (AvgIpc) is 2.29. The van der Waals surface area contributed by atoms with E-state index in [9.17, 15) is 0 Å². The van der Waals surface area contributed by atoms with Gasteiger partial charge in [0.25, 0.3) is 0 Å². The number of rotatable bonds is 0. The summed E-state index contributed by atoms with van der Waals surface area (Å²) in [4.78, 5) is 8.24. The van der Waals surface area contributed by atoms with E-state index in [0.717, 1.165) is 5.39 Å². The number of pyridine rings is 2. The van der Waals surface area contributed by atoms with Gasteiger partial charge in [0.1, 0.15) is 0 Å². The minimum atomic E-state index is 1.16. The topological polar surface area (TPSA) is 25.8 Å². The molecule has 0 fully saturated rings. The highest BCUT2D eigenvalue weighted by molar-refractivity contribution is 6.06. The number of benzene rings is 1. The molecule has 3 aromatic rings. The van der Waals surface area contributed by atoms with E-state index in [-0.39, 0.29) is 0 Å². The van der Waals surface area contributed by atoms with E-state index in [1.165, 1.54) is 16.2 Å².